The van der Waals surface area contributed by atoms with Gasteiger partial charge in [-0.1, -0.05) is 23.2 Å². The second-order valence-corrected chi connectivity index (χ2v) is 5.49. The number of nitriles is 1. The first kappa shape index (κ1) is 12.4. The lowest BCUT2D eigenvalue weighted by molar-refractivity contribution is 1.04. The highest BCUT2D eigenvalue weighted by molar-refractivity contribution is 7.10. The van der Waals surface area contributed by atoms with Crippen molar-refractivity contribution in [3.05, 3.63) is 44.6 Å². The molecular formula is C13H9Cl2NS. The second-order valence-electron chi connectivity index (χ2n) is 3.62. The van der Waals surface area contributed by atoms with Crippen LogP contribution in [-0.4, -0.2) is 0 Å². The summed E-state index contributed by atoms with van der Waals surface area (Å²) in [5.41, 5.74) is 2.12. The van der Waals surface area contributed by atoms with Crippen molar-refractivity contribution < 1.29 is 0 Å². The molecule has 1 aromatic carbocycles. The van der Waals surface area contributed by atoms with Crippen molar-refractivity contribution in [3.8, 4) is 17.2 Å². The van der Waals surface area contributed by atoms with Crippen molar-refractivity contribution in [1.29, 1.82) is 5.26 Å². The van der Waals surface area contributed by atoms with Crippen molar-refractivity contribution in [3.63, 3.8) is 0 Å². The van der Waals surface area contributed by atoms with E-state index in [1.54, 1.807) is 17.4 Å². The van der Waals surface area contributed by atoms with Gasteiger partial charge in [0, 0.05) is 21.3 Å². The molecule has 1 aromatic heterocycles. The molecule has 0 saturated carbocycles. The Balaban J connectivity index is 2.27. The molecule has 0 unspecified atom stereocenters. The van der Waals surface area contributed by atoms with E-state index >= 15 is 0 Å². The lowest BCUT2D eigenvalue weighted by atomic mass is 10.1. The number of hydrogen-bond acceptors (Lipinski definition) is 2. The number of nitrogens with zero attached hydrogens (tertiary/aromatic N) is 1. The van der Waals surface area contributed by atoms with Crippen LogP contribution in [-0.2, 0) is 6.42 Å². The number of benzene rings is 1. The Hall–Kier alpha value is -1.01. The van der Waals surface area contributed by atoms with Gasteiger partial charge in [0.25, 0.3) is 0 Å². The zero-order valence-electron chi connectivity index (χ0n) is 8.91. The Bertz CT molecular complexity index is 549. The fourth-order valence-corrected chi connectivity index (χ4v) is 2.99. The monoisotopic (exact) mass is 281 g/mol. The molecule has 0 aliphatic heterocycles. The topological polar surface area (TPSA) is 23.8 Å². The van der Waals surface area contributed by atoms with Crippen molar-refractivity contribution in [1.82, 2.24) is 0 Å². The Kier molecular flexibility index (Phi) is 4.06. The molecule has 2 rings (SSSR count). The quantitative estimate of drug-likeness (QED) is 0.761. The van der Waals surface area contributed by atoms with Crippen LogP contribution in [0.2, 0.25) is 10.0 Å². The highest BCUT2D eigenvalue weighted by Crippen LogP contribution is 2.30. The molecule has 0 atom stereocenters. The lowest BCUT2D eigenvalue weighted by Crippen LogP contribution is -1.77. The SMILES string of the molecule is N#CCCc1cc(-c2cc(Cl)cc(Cl)c2)cs1. The van der Waals surface area contributed by atoms with Crippen LogP contribution in [0.5, 0.6) is 0 Å². The maximum atomic E-state index is 8.54. The lowest BCUT2D eigenvalue weighted by Gasteiger charge is -2.00. The van der Waals surface area contributed by atoms with Crippen LogP contribution in [0, 0.1) is 11.3 Å². The molecule has 1 nitrogen and oxygen atoms in total. The van der Waals surface area contributed by atoms with Gasteiger partial charge in [0.1, 0.15) is 0 Å². The number of aryl methyl sites for hydroxylation is 1. The minimum absolute atomic E-state index is 0.552. The van der Waals surface area contributed by atoms with E-state index in [2.05, 4.69) is 17.5 Å². The predicted molar refractivity (Wildman–Crippen MR) is 73.7 cm³/mol. The minimum atomic E-state index is 0.552. The van der Waals surface area contributed by atoms with Crippen molar-refractivity contribution >= 4 is 34.5 Å². The smallest absolute Gasteiger partial charge is 0.0625 e. The zero-order chi connectivity index (χ0) is 12.3. The van der Waals surface area contributed by atoms with Crippen LogP contribution < -0.4 is 0 Å². The molecule has 0 radical (unpaired) electrons. The van der Waals surface area contributed by atoms with Gasteiger partial charge in [-0.05, 0) is 47.2 Å². The Morgan fingerprint density at radius 1 is 1.06 bits per heavy atom. The molecule has 0 fully saturated rings. The number of rotatable bonds is 3. The summed E-state index contributed by atoms with van der Waals surface area (Å²) in [4.78, 5) is 1.21. The van der Waals surface area contributed by atoms with E-state index in [1.165, 1.54) is 4.88 Å². The minimum Gasteiger partial charge on any atom is -0.198 e. The number of hydrogen-bond donors (Lipinski definition) is 0. The standard InChI is InChI=1S/C13H9Cl2NS/c14-11-4-9(5-12(15)7-11)10-6-13(17-8-10)2-1-3-16/h4-8H,1-2H2. The van der Waals surface area contributed by atoms with Crippen LogP contribution >= 0.6 is 34.5 Å². The predicted octanol–water partition coefficient (Wildman–Crippen LogP) is 5.18. The molecule has 86 valence electrons. The van der Waals surface area contributed by atoms with E-state index in [0.717, 1.165) is 17.5 Å². The normalized spacial score (nSPS) is 10.2. The first-order valence-electron chi connectivity index (χ1n) is 5.10. The summed E-state index contributed by atoms with van der Waals surface area (Å²) in [6, 6.07) is 9.74. The molecule has 1 heterocycles. The summed E-state index contributed by atoms with van der Waals surface area (Å²) < 4.78 is 0. The molecular weight excluding hydrogens is 273 g/mol. The van der Waals surface area contributed by atoms with Gasteiger partial charge >= 0.3 is 0 Å². The maximum absolute atomic E-state index is 8.54. The maximum Gasteiger partial charge on any atom is 0.0625 e. The van der Waals surface area contributed by atoms with Crippen LogP contribution in [0.15, 0.2) is 29.6 Å². The van der Waals surface area contributed by atoms with Gasteiger partial charge in [-0.3, -0.25) is 0 Å². The van der Waals surface area contributed by atoms with E-state index in [4.69, 9.17) is 28.5 Å². The van der Waals surface area contributed by atoms with Gasteiger partial charge in [-0.15, -0.1) is 11.3 Å². The van der Waals surface area contributed by atoms with Gasteiger partial charge in [0.15, 0.2) is 0 Å². The van der Waals surface area contributed by atoms with Gasteiger partial charge < -0.3 is 0 Å². The van der Waals surface area contributed by atoms with Gasteiger partial charge in [-0.25, -0.2) is 0 Å². The van der Waals surface area contributed by atoms with E-state index in [-0.39, 0.29) is 0 Å². The molecule has 0 aliphatic carbocycles. The zero-order valence-corrected chi connectivity index (χ0v) is 11.2. The van der Waals surface area contributed by atoms with Crippen LogP contribution in [0.25, 0.3) is 11.1 Å². The molecule has 0 saturated heterocycles. The van der Waals surface area contributed by atoms with E-state index < -0.39 is 0 Å². The van der Waals surface area contributed by atoms with Gasteiger partial charge in [0.2, 0.25) is 0 Å². The van der Waals surface area contributed by atoms with Crippen molar-refractivity contribution in [2.24, 2.45) is 0 Å². The van der Waals surface area contributed by atoms with Gasteiger partial charge in [0.05, 0.1) is 6.07 Å². The summed E-state index contributed by atoms with van der Waals surface area (Å²) in [5, 5.41) is 11.9. The first-order chi connectivity index (χ1) is 8.19. The van der Waals surface area contributed by atoms with E-state index in [9.17, 15) is 0 Å². The van der Waals surface area contributed by atoms with E-state index in [1.807, 2.05) is 12.1 Å². The summed E-state index contributed by atoms with van der Waals surface area (Å²) in [5.74, 6) is 0. The third-order valence-electron chi connectivity index (χ3n) is 2.33. The molecule has 2 aromatic rings. The summed E-state index contributed by atoms with van der Waals surface area (Å²) in [7, 11) is 0. The first-order valence-corrected chi connectivity index (χ1v) is 6.73. The average molecular weight is 282 g/mol. The third kappa shape index (κ3) is 3.23. The molecule has 0 bridgehead atoms. The summed E-state index contributed by atoms with van der Waals surface area (Å²) >= 11 is 13.6. The highest BCUT2D eigenvalue weighted by Gasteiger charge is 2.04. The fourth-order valence-electron chi connectivity index (χ4n) is 1.56. The Morgan fingerprint density at radius 3 is 2.41 bits per heavy atom. The largest absolute Gasteiger partial charge is 0.198 e. The Labute approximate surface area is 114 Å². The second kappa shape index (κ2) is 5.55. The molecule has 0 aliphatic rings. The fraction of sp³-hybridized carbons (Fsp3) is 0.154. The molecule has 0 spiro atoms. The van der Waals surface area contributed by atoms with Crippen molar-refractivity contribution in [2.75, 3.05) is 0 Å². The molecule has 17 heavy (non-hydrogen) atoms. The van der Waals surface area contributed by atoms with E-state index in [0.29, 0.717) is 16.5 Å². The number of halogens is 2. The average Bonchev–Trinajstić information content (AvgIpc) is 2.73. The summed E-state index contributed by atoms with van der Waals surface area (Å²) in [6.07, 6.45) is 1.35. The van der Waals surface area contributed by atoms with Gasteiger partial charge in [-0.2, -0.15) is 5.26 Å². The number of thiophene rings is 1. The molecule has 4 heteroatoms. The third-order valence-corrected chi connectivity index (χ3v) is 3.77. The summed E-state index contributed by atoms with van der Waals surface area (Å²) in [6.45, 7) is 0. The highest BCUT2D eigenvalue weighted by atomic mass is 35.5. The molecule has 0 amide bonds. The van der Waals surface area contributed by atoms with Crippen LogP contribution in [0.1, 0.15) is 11.3 Å². The molecule has 0 N–H and O–H groups in total. The van der Waals surface area contributed by atoms with Crippen LogP contribution in [0.3, 0.4) is 0 Å². The Morgan fingerprint density at radius 2 is 1.76 bits per heavy atom. The van der Waals surface area contributed by atoms with Crippen LogP contribution in [0.4, 0.5) is 0 Å². The van der Waals surface area contributed by atoms with Crippen molar-refractivity contribution in [2.45, 2.75) is 12.8 Å².